The Labute approximate surface area is 157 Å². The van der Waals surface area contributed by atoms with E-state index in [1.807, 2.05) is 37.3 Å². The molecule has 0 bridgehead atoms. The van der Waals surface area contributed by atoms with E-state index in [9.17, 15) is 9.59 Å². The van der Waals surface area contributed by atoms with Crippen LogP contribution in [-0.2, 0) is 16.0 Å². The topological polar surface area (TPSA) is 94.0 Å². The molecule has 0 aliphatic heterocycles. The summed E-state index contributed by atoms with van der Waals surface area (Å²) >= 11 is 5.94. The van der Waals surface area contributed by atoms with Crippen LogP contribution in [0.3, 0.4) is 0 Å². The molecule has 2 aromatic rings. The van der Waals surface area contributed by atoms with Gasteiger partial charge in [0.25, 0.3) is 0 Å². The Balaban J connectivity index is 1.84. The van der Waals surface area contributed by atoms with E-state index < -0.39 is 0 Å². The lowest BCUT2D eigenvalue weighted by Crippen LogP contribution is -2.24. The SMILES string of the molecule is CCNC(=O)Cc1ccc(NCC(=O)Nc2ccc(C#N)c(Cl)c2)cc1. The van der Waals surface area contributed by atoms with Gasteiger partial charge < -0.3 is 16.0 Å². The van der Waals surface area contributed by atoms with Gasteiger partial charge in [0.15, 0.2) is 0 Å². The highest BCUT2D eigenvalue weighted by Crippen LogP contribution is 2.20. The molecule has 0 spiro atoms. The molecule has 26 heavy (non-hydrogen) atoms. The van der Waals surface area contributed by atoms with Crippen molar-refractivity contribution in [1.29, 1.82) is 5.26 Å². The molecule has 0 saturated carbocycles. The average molecular weight is 371 g/mol. The lowest BCUT2D eigenvalue weighted by atomic mass is 10.1. The molecule has 0 aliphatic rings. The van der Waals surface area contributed by atoms with Crippen molar-refractivity contribution >= 4 is 34.8 Å². The van der Waals surface area contributed by atoms with E-state index in [1.54, 1.807) is 12.1 Å². The van der Waals surface area contributed by atoms with E-state index in [1.165, 1.54) is 6.07 Å². The zero-order valence-electron chi connectivity index (χ0n) is 14.3. The summed E-state index contributed by atoms with van der Waals surface area (Å²) in [5.41, 5.74) is 2.56. The van der Waals surface area contributed by atoms with Crippen molar-refractivity contribution in [3.8, 4) is 6.07 Å². The van der Waals surface area contributed by atoms with E-state index in [-0.39, 0.29) is 18.4 Å². The fourth-order valence-electron chi connectivity index (χ4n) is 2.26. The first-order valence-corrected chi connectivity index (χ1v) is 8.48. The van der Waals surface area contributed by atoms with Crippen LogP contribution in [-0.4, -0.2) is 24.9 Å². The molecule has 0 heterocycles. The first-order chi connectivity index (χ1) is 12.5. The molecule has 0 fully saturated rings. The van der Waals surface area contributed by atoms with E-state index in [4.69, 9.17) is 16.9 Å². The number of rotatable bonds is 7. The zero-order valence-corrected chi connectivity index (χ0v) is 15.1. The lowest BCUT2D eigenvalue weighted by molar-refractivity contribution is -0.120. The van der Waals surface area contributed by atoms with Gasteiger partial charge in [-0.15, -0.1) is 0 Å². The van der Waals surface area contributed by atoms with Crippen LogP contribution in [0, 0.1) is 11.3 Å². The number of carbonyl (C=O) groups is 2. The molecule has 0 saturated heterocycles. The summed E-state index contributed by atoms with van der Waals surface area (Å²) in [7, 11) is 0. The molecule has 0 unspecified atom stereocenters. The van der Waals surface area contributed by atoms with Crippen LogP contribution in [0.25, 0.3) is 0 Å². The van der Waals surface area contributed by atoms with Crippen molar-refractivity contribution in [3.63, 3.8) is 0 Å². The molecule has 6 nitrogen and oxygen atoms in total. The first kappa shape index (κ1) is 19.3. The number of hydrogen-bond donors (Lipinski definition) is 3. The van der Waals surface area contributed by atoms with Gasteiger partial charge in [-0.25, -0.2) is 0 Å². The molecule has 0 aromatic heterocycles. The molecular formula is C19H19ClN4O2. The van der Waals surface area contributed by atoms with Crippen molar-refractivity contribution in [2.45, 2.75) is 13.3 Å². The molecule has 0 atom stereocenters. The van der Waals surface area contributed by atoms with Crippen molar-refractivity contribution in [1.82, 2.24) is 5.32 Å². The highest BCUT2D eigenvalue weighted by Gasteiger charge is 2.06. The molecule has 0 radical (unpaired) electrons. The maximum atomic E-state index is 12.0. The van der Waals surface area contributed by atoms with Crippen molar-refractivity contribution in [2.75, 3.05) is 23.7 Å². The second-order valence-corrected chi connectivity index (χ2v) is 5.94. The monoisotopic (exact) mass is 370 g/mol. The largest absolute Gasteiger partial charge is 0.376 e. The fourth-order valence-corrected chi connectivity index (χ4v) is 2.48. The first-order valence-electron chi connectivity index (χ1n) is 8.11. The summed E-state index contributed by atoms with van der Waals surface area (Å²) in [5.74, 6) is -0.258. The van der Waals surface area contributed by atoms with Gasteiger partial charge in [0.1, 0.15) is 6.07 Å². The van der Waals surface area contributed by atoms with E-state index in [2.05, 4.69) is 16.0 Å². The summed E-state index contributed by atoms with van der Waals surface area (Å²) in [6.45, 7) is 2.56. The molecule has 2 rings (SSSR count). The van der Waals surface area contributed by atoms with Gasteiger partial charge >= 0.3 is 0 Å². The number of hydrogen-bond acceptors (Lipinski definition) is 4. The van der Waals surface area contributed by atoms with E-state index >= 15 is 0 Å². The smallest absolute Gasteiger partial charge is 0.243 e. The standard InChI is InChI=1S/C19H19ClN4O2/c1-2-22-18(25)9-13-3-6-15(7-4-13)23-12-19(26)24-16-8-5-14(11-21)17(20)10-16/h3-8,10,23H,2,9,12H2,1H3,(H,22,25)(H,24,26). The van der Waals surface area contributed by atoms with Crippen molar-refractivity contribution in [2.24, 2.45) is 0 Å². The van der Waals surface area contributed by atoms with Gasteiger partial charge in [-0.1, -0.05) is 23.7 Å². The van der Waals surface area contributed by atoms with Gasteiger partial charge in [-0.3, -0.25) is 9.59 Å². The number of nitrogens with zero attached hydrogens (tertiary/aromatic N) is 1. The molecule has 2 aromatic carbocycles. The number of likely N-dealkylation sites (N-methyl/N-ethyl adjacent to an activating group) is 1. The van der Waals surface area contributed by atoms with E-state index in [0.717, 1.165) is 11.3 Å². The normalized spacial score (nSPS) is 9.88. The second-order valence-electron chi connectivity index (χ2n) is 5.54. The molecular weight excluding hydrogens is 352 g/mol. The minimum absolute atomic E-state index is 0.0198. The summed E-state index contributed by atoms with van der Waals surface area (Å²) < 4.78 is 0. The minimum Gasteiger partial charge on any atom is -0.376 e. The highest BCUT2D eigenvalue weighted by atomic mass is 35.5. The number of nitrogens with one attached hydrogen (secondary N) is 3. The number of nitriles is 1. The van der Waals surface area contributed by atoms with Crippen LogP contribution in [0.1, 0.15) is 18.1 Å². The van der Waals surface area contributed by atoms with Gasteiger partial charge in [-0.2, -0.15) is 5.26 Å². The van der Waals surface area contributed by atoms with Crippen LogP contribution < -0.4 is 16.0 Å². The number of benzene rings is 2. The Hall–Kier alpha value is -3.04. The highest BCUT2D eigenvalue weighted by molar-refractivity contribution is 6.32. The number of carbonyl (C=O) groups excluding carboxylic acids is 2. The third-order valence-electron chi connectivity index (χ3n) is 3.52. The number of amides is 2. The Morgan fingerprint density at radius 3 is 2.38 bits per heavy atom. The lowest BCUT2D eigenvalue weighted by Gasteiger charge is -2.09. The van der Waals surface area contributed by atoms with Crippen LogP contribution in [0.15, 0.2) is 42.5 Å². The summed E-state index contributed by atoms with van der Waals surface area (Å²) in [6.07, 6.45) is 0.327. The van der Waals surface area contributed by atoms with Crippen LogP contribution in [0.5, 0.6) is 0 Å². The van der Waals surface area contributed by atoms with Crippen LogP contribution >= 0.6 is 11.6 Å². The Morgan fingerprint density at radius 2 is 1.77 bits per heavy atom. The van der Waals surface area contributed by atoms with Gasteiger partial charge in [0, 0.05) is 17.9 Å². The minimum atomic E-state index is -0.239. The summed E-state index contributed by atoms with van der Waals surface area (Å²) in [5, 5.41) is 17.6. The Morgan fingerprint density at radius 1 is 1.08 bits per heavy atom. The molecule has 2 amide bonds. The third kappa shape index (κ3) is 5.80. The Kier molecular flexibility index (Phi) is 7.01. The summed E-state index contributed by atoms with van der Waals surface area (Å²) in [4.78, 5) is 23.5. The maximum absolute atomic E-state index is 12.0. The van der Waals surface area contributed by atoms with Crippen molar-refractivity contribution in [3.05, 3.63) is 58.6 Å². The molecule has 3 N–H and O–H groups in total. The maximum Gasteiger partial charge on any atom is 0.243 e. The number of halogens is 1. The van der Waals surface area contributed by atoms with Crippen LogP contribution in [0.4, 0.5) is 11.4 Å². The summed E-state index contributed by atoms with van der Waals surface area (Å²) in [6, 6.07) is 14.0. The molecule has 0 aliphatic carbocycles. The third-order valence-corrected chi connectivity index (χ3v) is 3.83. The predicted molar refractivity (Wildman–Crippen MR) is 102 cm³/mol. The van der Waals surface area contributed by atoms with Gasteiger partial charge in [0.2, 0.25) is 11.8 Å². The van der Waals surface area contributed by atoms with Crippen molar-refractivity contribution < 1.29 is 9.59 Å². The molecule has 7 heteroatoms. The van der Waals surface area contributed by atoms with Gasteiger partial charge in [-0.05, 0) is 42.8 Å². The molecule has 134 valence electrons. The van der Waals surface area contributed by atoms with Crippen LogP contribution in [0.2, 0.25) is 5.02 Å². The number of anilines is 2. The quantitative estimate of drug-likeness (QED) is 0.698. The fraction of sp³-hybridized carbons (Fsp3) is 0.211. The average Bonchev–Trinajstić information content (AvgIpc) is 2.61. The second kappa shape index (κ2) is 9.44. The van der Waals surface area contributed by atoms with Gasteiger partial charge in [0.05, 0.1) is 23.6 Å². The predicted octanol–water partition coefficient (Wildman–Crippen LogP) is 2.94. The van der Waals surface area contributed by atoms with E-state index in [0.29, 0.717) is 29.2 Å². The zero-order chi connectivity index (χ0) is 18.9. The Bertz CT molecular complexity index is 828.